The fourth-order valence-electron chi connectivity index (χ4n) is 2.40. The van der Waals surface area contributed by atoms with Crippen molar-refractivity contribution in [3.8, 4) is 0 Å². The van der Waals surface area contributed by atoms with Crippen molar-refractivity contribution in [3.63, 3.8) is 0 Å². The maximum Gasteiger partial charge on any atom is 0.146 e. The molecule has 84 valence electrons. The van der Waals surface area contributed by atoms with E-state index in [0.717, 1.165) is 12.4 Å². The average Bonchev–Trinajstić information content (AvgIpc) is 2.63. The summed E-state index contributed by atoms with van der Waals surface area (Å²) in [6, 6.07) is 0. The minimum Gasteiger partial charge on any atom is -0.317 e. The van der Waals surface area contributed by atoms with Crippen molar-refractivity contribution < 1.29 is 0 Å². The van der Waals surface area contributed by atoms with Gasteiger partial charge in [-0.05, 0) is 19.9 Å². The minimum atomic E-state index is 0.641. The van der Waals surface area contributed by atoms with Crippen molar-refractivity contribution in [2.75, 3.05) is 7.05 Å². The van der Waals surface area contributed by atoms with Crippen molar-refractivity contribution in [1.82, 2.24) is 20.1 Å². The summed E-state index contributed by atoms with van der Waals surface area (Å²) in [4.78, 5) is 0. The van der Waals surface area contributed by atoms with Gasteiger partial charge in [-0.3, -0.25) is 0 Å². The molecular weight excluding hydrogens is 188 g/mol. The molecule has 0 spiro atoms. The molecular formula is C11H20N4. The van der Waals surface area contributed by atoms with Gasteiger partial charge in [-0.2, -0.15) is 0 Å². The summed E-state index contributed by atoms with van der Waals surface area (Å²) < 4.78 is 2.16. The lowest BCUT2D eigenvalue weighted by molar-refractivity contribution is 0.419. The van der Waals surface area contributed by atoms with Gasteiger partial charge in [-0.25, -0.2) is 0 Å². The second kappa shape index (κ2) is 4.75. The van der Waals surface area contributed by atoms with Gasteiger partial charge in [0.2, 0.25) is 0 Å². The van der Waals surface area contributed by atoms with Gasteiger partial charge in [0.05, 0.1) is 6.54 Å². The molecule has 2 rings (SSSR count). The minimum absolute atomic E-state index is 0.641. The van der Waals surface area contributed by atoms with E-state index in [4.69, 9.17) is 0 Å². The van der Waals surface area contributed by atoms with Gasteiger partial charge in [0.25, 0.3) is 0 Å². The van der Waals surface area contributed by atoms with Crippen LogP contribution in [-0.2, 0) is 13.6 Å². The molecule has 4 nitrogen and oxygen atoms in total. The molecule has 0 saturated heterocycles. The standard InChI is InChI=1S/C11H20N4/c1-12-8-10-13-14-11(15(10)2)9-6-4-3-5-7-9/h9,12H,3-8H2,1-2H3. The third-order valence-corrected chi connectivity index (χ3v) is 3.30. The Morgan fingerprint density at radius 2 is 2.00 bits per heavy atom. The summed E-state index contributed by atoms with van der Waals surface area (Å²) in [5.41, 5.74) is 0. The van der Waals surface area contributed by atoms with Crippen molar-refractivity contribution in [2.24, 2.45) is 7.05 Å². The third kappa shape index (κ3) is 2.20. The van der Waals surface area contributed by atoms with Crippen LogP contribution in [0.25, 0.3) is 0 Å². The topological polar surface area (TPSA) is 42.7 Å². The monoisotopic (exact) mass is 208 g/mol. The van der Waals surface area contributed by atoms with Crippen LogP contribution in [0.2, 0.25) is 0 Å². The fourth-order valence-corrected chi connectivity index (χ4v) is 2.40. The first-order chi connectivity index (χ1) is 7.33. The van der Waals surface area contributed by atoms with Crippen molar-refractivity contribution >= 4 is 0 Å². The fraction of sp³-hybridized carbons (Fsp3) is 0.818. The van der Waals surface area contributed by atoms with Crippen LogP contribution in [0.3, 0.4) is 0 Å². The normalized spacial score (nSPS) is 18.3. The lowest BCUT2D eigenvalue weighted by Crippen LogP contribution is -2.14. The van der Waals surface area contributed by atoms with E-state index >= 15 is 0 Å². The molecule has 1 fully saturated rings. The Labute approximate surface area is 91.1 Å². The van der Waals surface area contributed by atoms with Crippen LogP contribution in [-0.4, -0.2) is 21.8 Å². The number of hydrogen-bond donors (Lipinski definition) is 1. The molecule has 1 heterocycles. The second-order valence-corrected chi connectivity index (χ2v) is 4.40. The van der Waals surface area contributed by atoms with Gasteiger partial charge in [0.15, 0.2) is 0 Å². The highest BCUT2D eigenvalue weighted by Gasteiger charge is 2.21. The maximum absolute atomic E-state index is 4.33. The smallest absolute Gasteiger partial charge is 0.146 e. The van der Waals surface area contributed by atoms with E-state index in [1.54, 1.807) is 0 Å². The van der Waals surface area contributed by atoms with Gasteiger partial charge < -0.3 is 9.88 Å². The molecule has 1 aromatic rings. The van der Waals surface area contributed by atoms with Crippen LogP contribution >= 0.6 is 0 Å². The van der Waals surface area contributed by atoms with Gasteiger partial charge in [-0.1, -0.05) is 19.3 Å². The van der Waals surface area contributed by atoms with Gasteiger partial charge in [0, 0.05) is 13.0 Å². The Balaban J connectivity index is 2.13. The zero-order chi connectivity index (χ0) is 10.7. The molecule has 0 radical (unpaired) electrons. The highest BCUT2D eigenvalue weighted by molar-refractivity contribution is 5.02. The van der Waals surface area contributed by atoms with Crippen LogP contribution in [0.5, 0.6) is 0 Å². The van der Waals surface area contributed by atoms with Gasteiger partial charge in [0.1, 0.15) is 11.6 Å². The predicted molar refractivity (Wildman–Crippen MR) is 59.6 cm³/mol. The summed E-state index contributed by atoms with van der Waals surface area (Å²) in [7, 11) is 4.02. The number of hydrogen-bond acceptors (Lipinski definition) is 3. The molecule has 1 aliphatic carbocycles. The number of nitrogens with one attached hydrogen (secondary N) is 1. The van der Waals surface area contributed by atoms with Crippen molar-refractivity contribution in [1.29, 1.82) is 0 Å². The largest absolute Gasteiger partial charge is 0.317 e. The van der Waals surface area contributed by atoms with Crippen molar-refractivity contribution in [2.45, 2.75) is 44.6 Å². The van der Waals surface area contributed by atoms with E-state index in [0.29, 0.717) is 5.92 Å². The van der Waals surface area contributed by atoms with Gasteiger partial charge in [-0.15, -0.1) is 10.2 Å². The van der Waals surface area contributed by atoms with E-state index in [1.807, 2.05) is 7.05 Å². The lowest BCUT2D eigenvalue weighted by atomic mass is 9.89. The molecule has 0 aromatic carbocycles. The van der Waals surface area contributed by atoms with Crippen LogP contribution in [0.1, 0.15) is 49.7 Å². The Hall–Kier alpha value is -0.900. The molecule has 0 aliphatic heterocycles. The summed E-state index contributed by atoms with van der Waals surface area (Å²) >= 11 is 0. The Bertz CT molecular complexity index is 312. The first-order valence-corrected chi connectivity index (χ1v) is 5.85. The second-order valence-electron chi connectivity index (χ2n) is 4.40. The molecule has 0 atom stereocenters. The van der Waals surface area contributed by atoms with Crippen LogP contribution in [0.4, 0.5) is 0 Å². The zero-order valence-electron chi connectivity index (χ0n) is 9.66. The third-order valence-electron chi connectivity index (χ3n) is 3.30. The van der Waals surface area contributed by atoms with E-state index in [1.165, 1.54) is 37.9 Å². The summed E-state index contributed by atoms with van der Waals surface area (Å²) in [5, 5.41) is 11.7. The summed E-state index contributed by atoms with van der Waals surface area (Å²) in [5.74, 6) is 2.86. The predicted octanol–water partition coefficient (Wildman–Crippen LogP) is 1.58. The maximum atomic E-state index is 4.33. The Kier molecular flexibility index (Phi) is 3.36. The molecule has 4 heteroatoms. The average molecular weight is 208 g/mol. The van der Waals surface area contributed by atoms with Crippen LogP contribution in [0.15, 0.2) is 0 Å². The number of rotatable bonds is 3. The first kappa shape index (κ1) is 10.6. The first-order valence-electron chi connectivity index (χ1n) is 5.85. The lowest BCUT2D eigenvalue weighted by Gasteiger charge is -2.20. The van der Waals surface area contributed by atoms with Crippen LogP contribution < -0.4 is 5.32 Å². The number of nitrogens with zero attached hydrogens (tertiary/aromatic N) is 3. The molecule has 1 N–H and O–H groups in total. The summed E-state index contributed by atoms with van der Waals surface area (Å²) in [6.07, 6.45) is 6.65. The van der Waals surface area contributed by atoms with E-state index < -0.39 is 0 Å². The van der Waals surface area contributed by atoms with E-state index in [9.17, 15) is 0 Å². The molecule has 0 unspecified atom stereocenters. The number of aromatic nitrogens is 3. The molecule has 1 aliphatic rings. The highest BCUT2D eigenvalue weighted by atomic mass is 15.3. The molecule has 1 aromatic heterocycles. The molecule has 15 heavy (non-hydrogen) atoms. The van der Waals surface area contributed by atoms with Crippen LogP contribution in [0, 0.1) is 0 Å². The quantitative estimate of drug-likeness (QED) is 0.820. The zero-order valence-corrected chi connectivity index (χ0v) is 9.66. The Morgan fingerprint density at radius 3 is 2.67 bits per heavy atom. The van der Waals surface area contributed by atoms with Gasteiger partial charge >= 0.3 is 0 Å². The Morgan fingerprint density at radius 1 is 1.27 bits per heavy atom. The summed E-state index contributed by atoms with van der Waals surface area (Å²) in [6.45, 7) is 0.802. The highest BCUT2D eigenvalue weighted by Crippen LogP contribution is 2.31. The van der Waals surface area contributed by atoms with E-state index in [-0.39, 0.29) is 0 Å². The SMILES string of the molecule is CNCc1nnc(C2CCCCC2)n1C. The molecule has 1 saturated carbocycles. The molecule has 0 amide bonds. The molecule has 0 bridgehead atoms. The van der Waals surface area contributed by atoms with Crippen molar-refractivity contribution in [3.05, 3.63) is 11.6 Å². The van der Waals surface area contributed by atoms with E-state index in [2.05, 4.69) is 27.1 Å².